The molecule has 1 heterocycles. The fourth-order valence-corrected chi connectivity index (χ4v) is 4.89. The van der Waals surface area contributed by atoms with Crippen LogP contribution in [0, 0.1) is 0 Å². The number of nitrogens with zero attached hydrogens (tertiary/aromatic N) is 2. The predicted molar refractivity (Wildman–Crippen MR) is 106 cm³/mol. The molecule has 0 saturated heterocycles. The number of unbranched alkanes of at least 4 members (excludes halogenated alkanes) is 1. The number of rotatable bonds is 10. The third kappa shape index (κ3) is 6.80. The van der Waals surface area contributed by atoms with Crippen LogP contribution >= 0.6 is 34.9 Å². The quantitative estimate of drug-likeness (QED) is 0.355. The van der Waals surface area contributed by atoms with E-state index in [2.05, 4.69) is 22.4 Å². The molecule has 2 rings (SSSR count). The van der Waals surface area contributed by atoms with Gasteiger partial charge in [-0.15, -0.1) is 10.2 Å². The van der Waals surface area contributed by atoms with Crippen LogP contribution in [-0.2, 0) is 4.79 Å². The number of amides is 1. The summed E-state index contributed by atoms with van der Waals surface area (Å²) >= 11 is 4.67. The maximum absolute atomic E-state index is 12.3. The monoisotopic (exact) mass is 395 g/mol. The van der Waals surface area contributed by atoms with Gasteiger partial charge in [0.25, 0.3) is 0 Å². The molecule has 5 nitrogen and oxygen atoms in total. The summed E-state index contributed by atoms with van der Waals surface area (Å²) in [4.78, 5) is 23.6. The molecule has 0 fully saturated rings. The molecule has 0 aliphatic rings. The Kier molecular flexibility index (Phi) is 8.43. The van der Waals surface area contributed by atoms with Crippen LogP contribution in [0.4, 0.5) is 5.69 Å². The zero-order chi connectivity index (χ0) is 18.1. The van der Waals surface area contributed by atoms with E-state index in [0.29, 0.717) is 23.4 Å². The Morgan fingerprint density at radius 2 is 1.76 bits per heavy atom. The zero-order valence-corrected chi connectivity index (χ0v) is 16.7. The van der Waals surface area contributed by atoms with Crippen LogP contribution in [0.2, 0.25) is 0 Å². The first-order valence-corrected chi connectivity index (χ1v) is 10.9. The minimum absolute atomic E-state index is 0.0359. The predicted octanol–water partition coefficient (Wildman–Crippen LogP) is 4.75. The van der Waals surface area contributed by atoms with Crippen molar-refractivity contribution in [3.05, 3.63) is 29.8 Å². The summed E-state index contributed by atoms with van der Waals surface area (Å²) in [6, 6.07) is 6.97. The number of carbonyl (C=O) groups excluding carboxylic acids is 2. The highest BCUT2D eigenvalue weighted by atomic mass is 32.2. The van der Waals surface area contributed by atoms with Crippen molar-refractivity contribution in [2.24, 2.45) is 0 Å². The first kappa shape index (κ1) is 19.9. The van der Waals surface area contributed by atoms with Gasteiger partial charge in [0.2, 0.25) is 5.91 Å². The summed E-state index contributed by atoms with van der Waals surface area (Å²) in [7, 11) is 0. The Balaban J connectivity index is 1.82. The van der Waals surface area contributed by atoms with Crippen LogP contribution in [0.3, 0.4) is 0 Å². The van der Waals surface area contributed by atoms with Crippen LogP contribution in [0.25, 0.3) is 0 Å². The fraction of sp³-hybridized carbons (Fsp3) is 0.412. The lowest BCUT2D eigenvalue weighted by molar-refractivity contribution is -0.115. The average molecular weight is 396 g/mol. The van der Waals surface area contributed by atoms with E-state index < -0.39 is 0 Å². The first-order valence-electron chi connectivity index (χ1n) is 8.14. The second kappa shape index (κ2) is 10.6. The van der Waals surface area contributed by atoms with Crippen LogP contribution in [0.15, 0.2) is 32.9 Å². The molecule has 1 N–H and O–H groups in total. The van der Waals surface area contributed by atoms with Gasteiger partial charge in [-0.1, -0.05) is 55.1 Å². The van der Waals surface area contributed by atoms with Crippen LogP contribution in [0.1, 0.15) is 43.5 Å². The molecule has 0 aliphatic heterocycles. The second-order valence-corrected chi connectivity index (χ2v) is 8.77. The van der Waals surface area contributed by atoms with Crippen LogP contribution < -0.4 is 5.32 Å². The van der Waals surface area contributed by atoms with Gasteiger partial charge >= 0.3 is 0 Å². The smallest absolute Gasteiger partial charge is 0.224 e. The number of nitrogens with one attached hydrogen (secondary N) is 1. The van der Waals surface area contributed by atoms with Crippen molar-refractivity contribution in [3.63, 3.8) is 0 Å². The number of carbonyl (C=O) groups is 2. The molecule has 0 saturated carbocycles. The van der Waals surface area contributed by atoms with Crippen molar-refractivity contribution in [1.29, 1.82) is 0 Å². The Bertz CT molecular complexity index is 701. The average Bonchev–Trinajstić information content (AvgIpc) is 3.08. The number of ketones is 1. The summed E-state index contributed by atoms with van der Waals surface area (Å²) in [5.74, 6) is 1.37. The molecule has 0 bridgehead atoms. The Morgan fingerprint density at radius 3 is 2.40 bits per heavy atom. The van der Waals surface area contributed by atoms with Crippen molar-refractivity contribution in [2.75, 3.05) is 16.8 Å². The number of Topliss-reactive ketones (excluding diaryl/α,β-unsaturated/α-hetero) is 1. The summed E-state index contributed by atoms with van der Waals surface area (Å²) in [5, 5.41) is 11.0. The summed E-state index contributed by atoms with van der Waals surface area (Å²) in [5.41, 5.74) is 1.33. The van der Waals surface area contributed by atoms with E-state index in [1.54, 1.807) is 43.0 Å². The van der Waals surface area contributed by atoms with Gasteiger partial charge in [-0.05, 0) is 30.7 Å². The minimum atomic E-state index is -0.0430. The highest BCUT2D eigenvalue weighted by molar-refractivity contribution is 8.03. The van der Waals surface area contributed by atoms with Crippen molar-refractivity contribution >= 4 is 52.2 Å². The van der Waals surface area contributed by atoms with E-state index in [4.69, 9.17) is 0 Å². The number of aromatic nitrogens is 2. The molecule has 1 aromatic carbocycles. The molecule has 0 aliphatic carbocycles. The van der Waals surface area contributed by atoms with Crippen molar-refractivity contribution in [2.45, 2.75) is 41.8 Å². The fourth-order valence-electron chi connectivity index (χ4n) is 1.82. The number of thioether (sulfide) groups is 2. The molecule has 0 radical (unpaired) electrons. The van der Waals surface area contributed by atoms with Crippen molar-refractivity contribution in [1.82, 2.24) is 10.2 Å². The highest BCUT2D eigenvalue weighted by Gasteiger charge is 2.11. The number of hydrogen-bond donors (Lipinski definition) is 1. The van der Waals surface area contributed by atoms with Gasteiger partial charge in [0.05, 0.1) is 5.75 Å². The summed E-state index contributed by atoms with van der Waals surface area (Å²) in [6.45, 7) is 3.96. The standard InChI is InChI=1S/C17H21N3O2S3/c1-3-5-10-23-16-19-20-17(25-16)24-11-14(21)12-6-8-13(9-7-12)18-15(22)4-2/h6-9H,3-5,10-11H2,1-2H3,(H,18,22). The van der Waals surface area contributed by atoms with E-state index in [1.807, 2.05) is 0 Å². The van der Waals surface area contributed by atoms with Gasteiger partial charge in [-0.3, -0.25) is 9.59 Å². The lowest BCUT2D eigenvalue weighted by atomic mass is 10.1. The molecule has 0 spiro atoms. The van der Waals surface area contributed by atoms with Crippen LogP contribution in [-0.4, -0.2) is 33.4 Å². The molecule has 8 heteroatoms. The topological polar surface area (TPSA) is 72.0 Å². The largest absolute Gasteiger partial charge is 0.326 e. The number of benzene rings is 1. The van der Waals surface area contributed by atoms with E-state index in [1.165, 1.54) is 35.9 Å². The molecule has 2 aromatic rings. The SMILES string of the molecule is CCCCSc1nnc(SCC(=O)c2ccc(NC(=O)CC)cc2)s1. The Hall–Kier alpha value is -1.38. The van der Waals surface area contributed by atoms with E-state index >= 15 is 0 Å². The van der Waals surface area contributed by atoms with E-state index in [9.17, 15) is 9.59 Å². The van der Waals surface area contributed by atoms with E-state index in [-0.39, 0.29) is 11.7 Å². The summed E-state index contributed by atoms with van der Waals surface area (Å²) in [6.07, 6.45) is 2.76. The highest BCUT2D eigenvalue weighted by Crippen LogP contribution is 2.29. The summed E-state index contributed by atoms with van der Waals surface area (Å²) < 4.78 is 1.78. The van der Waals surface area contributed by atoms with Gasteiger partial charge in [-0.2, -0.15) is 0 Å². The molecular weight excluding hydrogens is 374 g/mol. The third-order valence-corrected chi connectivity index (χ3v) is 6.53. The van der Waals surface area contributed by atoms with Crippen molar-refractivity contribution < 1.29 is 9.59 Å². The number of anilines is 1. The minimum Gasteiger partial charge on any atom is -0.326 e. The molecule has 0 unspecified atom stereocenters. The van der Waals surface area contributed by atoms with Crippen LogP contribution in [0.5, 0.6) is 0 Å². The number of hydrogen-bond acceptors (Lipinski definition) is 7. The molecule has 1 aromatic heterocycles. The maximum Gasteiger partial charge on any atom is 0.224 e. The molecule has 25 heavy (non-hydrogen) atoms. The Morgan fingerprint density at radius 1 is 1.08 bits per heavy atom. The molecule has 0 atom stereocenters. The van der Waals surface area contributed by atoms with Gasteiger partial charge in [0.1, 0.15) is 0 Å². The lowest BCUT2D eigenvalue weighted by Gasteiger charge is -2.04. The van der Waals surface area contributed by atoms with Gasteiger partial charge in [0, 0.05) is 23.4 Å². The molecule has 134 valence electrons. The van der Waals surface area contributed by atoms with Gasteiger partial charge < -0.3 is 5.32 Å². The first-order chi connectivity index (χ1) is 12.1. The molecule has 1 amide bonds. The maximum atomic E-state index is 12.3. The van der Waals surface area contributed by atoms with E-state index in [0.717, 1.165) is 14.4 Å². The van der Waals surface area contributed by atoms with Gasteiger partial charge in [-0.25, -0.2) is 0 Å². The Labute approximate surface area is 160 Å². The van der Waals surface area contributed by atoms with Gasteiger partial charge in [0.15, 0.2) is 14.5 Å². The third-order valence-electron chi connectivity index (χ3n) is 3.25. The zero-order valence-electron chi connectivity index (χ0n) is 14.3. The lowest BCUT2D eigenvalue weighted by Crippen LogP contribution is -2.09. The normalized spacial score (nSPS) is 10.6. The second-order valence-electron chi connectivity index (χ2n) is 5.23. The molecular formula is C17H21N3O2S3. The van der Waals surface area contributed by atoms with Crippen molar-refractivity contribution in [3.8, 4) is 0 Å².